The van der Waals surface area contributed by atoms with Crippen LogP contribution >= 0.6 is 0 Å². The zero-order valence-corrected chi connectivity index (χ0v) is 69.2. The van der Waals surface area contributed by atoms with Gasteiger partial charge in [0.25, 0.3) is 0 Å². The van der Waals surface area contributed by atoms with E-state index in [0.717, 1.165) is 154 Å². The fourth-order valence-corrected chi connectivity index (χ4v) is 11.5. The summed E-state index contributed by atoms with van der Waals surface area (Å²) < 4.78 is 22.9. The molecule has 0 rings (SSSR count). The van der Waals surface area contributed by atoms with Gasteiger partial charge in [-0.05, 0) is 148 Å². The highest BCUT2D eigenvalue weighted by atomic mass is 16.7. The molecular weight excluding hydrogens is 1320 g/mol. The first kappa shape index (κ1) is 101. The number of carbonyl (C=O) groups excluding carboxylic acids is 3. The third-order valence-corrected chi connectivity index (χ3v) is 18.0. The maximum atomic E-state index is 13.0. The molecule has 0 fully saturated rings. The van der Waals surface area contributed by atoms with E-state index in [1.807, 2.05) is 21.1 Å². The van der Waals surface area contributed by atoms with Crippen LogP contribution in [0.4, 0.5) is 0 Å². The Labute approximate surface area is 658 Å². The zero-order chi connectivity index (χ0) is 77.4. The summed E-state index contributed by atoms with van der Waals surface area (Å²) >= 11 is 0. The van der Waals surface area contributed by atoms with Crippen molar-refractivity contribution in [3.8, 4) is 0 Å². The summed E-state index contributed by atoms with van der Waals surface area (Å²) in [7, 11) is 5.93. The molecule has 0 heterocycles. The van der Waals surface area contributed by atoms with Gasteiger partial charge >= 0.3 is 11.9 Å². The van der Waals surface area contributed by atoms with Crippen LogP contribution in [0, 0.1) is 0 Å². The molecule has 2 unspecified atom stereocenters. The Morgan fingerprint density at radius 3 is 0.748 bits per heavy atom. The minimum absolute atomic E-state index is 0.139. The summed E-state index contributed by atoms with van der Waals surface area (Å²) in [6, 6.07) is 0. The third-order valence-electron chi connectivity index (χ3n) is 18.0. The van der Waals surface area contributed by atoms with Crippen molar-refractivity contribution in [2.45, 2.75) is 347 Å². The number of unbranched alkanes of at least 4 members (excludes halogenated alkanes) is 29. The van der Waals surface area contributed by atoms with Gasteiger partial charge in [-0.1, -0.05) is 381 Å². The first-order chi connectivity index (χ1) is 52.6. The summed E-state index contributed by atoms with van der Waals surface area (Å²) in [5.41, 5.74) is 0. The summed E-state index contributed by atoms with van der Waals surface area (Å²) in [6.07, 6.45) is 130. The van der Waals surface area contributed by atoms with Crippen LogP contribution in [0.3, 0.4) is 0 Å². The quantitative estimate of drug-likeness (QED) is 0.0195. The highest BCUT2D eigenvalue weighted by molar-refractivity contribution is 5.70. The van der Waals surface area contributed by atoms with Gasteiger partial charge in [0.1, 0.15) is 13.2 Å². The van der Waals surface area contributed by atoms with Crippen LogP contribution in [0.5, 0.6) is 0 Å². The topological polar surface area (TPSA) is 111 Å². The molecule has 0 aliphatic rings. The van der Waals surface area contributed by atoms with Crippen LogP contribution < -0.4 is 5.11 Å². The molecule has 0 saturated carbocycles. The second kappa shape index (κ2) is 85.5. The molecule has 0 saturated heterocycles. The molecule has 2 atom stereocenters. The van der Waals surface area contributed by atoms with Gasteiger partial charge in [-0.3, -0.25) is 9.59 Å². The lowest BCUT2D eigenvalue weighted by Crippen LogP contribution is -2.44. The number of hydrogen-bond donors (Lipinski definition) is 0. The number of likely N-dealkylation sites (N-methyl/N-ethyl adjacent to an activating group) is 1. The molecule has 0 aliphatic heterocycles. The fourth-order valence-electron chi connectivity index (χ4n) is 11.5. The normalized spacial score (nSPS) is 13.7. The number of aliphatic carboxylic acids is 1. The van der Waals surface area contributed by atoms with Gasteiger partial charge in [-0.2, -0.15) is 0 Å². The van der Waals surface area contributed by atoms with E-state index in [9.17, 15) is 19.5 Å². The van der Waals surface area contributed by atoms with Gasteiger partial charge in [0.2, 0.25) is 0 Å². The highest BCUT2D eigenvalue weighted by Gasteiger charge is 2.22. The Morgan fingerprint density at radius 1 is 0.280 bits per heavy atom. The highest BCUT2D eigenvalue weighted by Crippen LogP contribution is 2.18. The molecule has 0 aliphatic carbocycles. The summed E-state index contributed by atoms with van der Waals surface area (Å²) in [5, 5.41) is 11.9. The summed E-state index contributed by atoms with van der Waals surface area (Å²) in [4.78, 5) is 37.7. The monoisotopic (exact) mass is 1480 g/mol. The minimum Gasteiger partial charge on any atom is -0.545 e. The number of allylic oxidation sites excluding steroid dienone is 34. The molecule has 0 aromatic carbocycles. The molecule has 0 amide bonds. The van der Waals surface area contributed by atoms with Crippen molar-refractivity contribution in [3.63, 3.8) is 0 Å². The average molecular weight is 1480 g/mol. The lowest BCUT2D eigenvalue weighted by atomic mass is 10.0. The van der Waals surface area contributed by atoms with E-state index < -0.39 is 24.3 Å². The van der Waals surface area contributed by atoms with Gasteiger partial charge in [-0.25, -0.2) is 0 Å². The van der Waals surface area contributed by atoms with Crippen LogP contribution in [0.15, 0.2) is 207 Å². The van der Waals surface area contributed by atoms with Gasteiger partial charge in [0, 0.05) is 12.8 Å². The van der Waals surface area contributed by atoms with Crippen molar-refractivity contribution in [2.75, 3.05) is 47.5 Å². The predicted molar refractivity (Wildman–Crippen MR) is 462 cm³/mol. The number of quaternary nitrogens is 1. The Bertz CT molecular complexity index is 2530. The number of rotatable bonds is 78. The van der Waals surface area contributed by atoms with E-state index in [-0.39, 0.29) is 38.6 Å². The maximum Gasteiger partial charge on any atom is 0.306 e. The van der Waals surface area contributed by atoms with Gasteiger partial charge in [-0.15, -0.1) is 0 Å². The molecule has 0 aromatic heterocycles. The van der Waals surface area contributed by atoms with Crippen molar-refractivity contribution >= 4 is 17.9 Å². The van der Waals surface area contributed by atoms with E-state index in [2.05, 4.69) is 220 Å². The number of hydrogen-bond acceptors (Lipinski definition) is 8. The third kappa shape index (κ3) is 87.0. The van der Waals surface area contributed by atoms with Crippen LogP contribution in [0.25, 0.3) is 0 Å². The lowest BCUT2D eigenvalue weighted by molar-refractivity contribution is -0.870. The van der Waals surface area contributed by atoms with Crippen molar-refractivity contribution in [3.05, 3.63) is 207 Å². The smallest absolute Gasteiger partial charge is 0.306 e. The first-order valence-electron chi connectivity index (χ1n) is 43.2. The molecule has 0 aromatic rings. The Balaban J connectivity index is 4.06. The van der Waals surface area contributed by atoms with E-state index in [1.165, 1.54) is 148 Å². The van der Waals surface area contributed by atoms with Crippen LogP contribution in [-0.4, -0.2) is 82.3 Å². The summed E-state index contributed by atoms with van der Waals surface area (Å²) in [6.45, 7) is 4.52. The first-order valence-corrected chi connectivity index (χ1v) is 43.2. The molecule has 0 radical (unpaired) electrons. The number of esters is 2. The van der Waals surface area contributed by atoms with E-state index in [4.69, 9.17) is 18.9 Å². The molecule has 0 spiro atoms. The standard InChI is InChI=1S/C98H159NO8/c1-6-8-10-12-14-16-18-20-22-24-26-28-30-32-34-36-38-40-42-44-46-48-50-52-54-56-58-60-62-64-66-68-70-72-74-76-78-80-82-84-86-88-95(100)105-92-94(93-106-98(97(102)103)104-91-90-99(3,4)5)107-96(101)89-87-85-83-81-79-77-75-73-71-69-67-65-63-61-59-57-55-53-51-49-47-45-43-41-39-37-35-33-31-29-27-25-23-21-19-17-15-13-11-9-7-2/h8-11,14-17,20-23,26-29,32-35,38-41,44-47,51,53,57,59,63,65,94,98H,6-7,12-13,18-19,24-25,30-31,36-37,42-43,48-50,52,54-56,58,60-62,64,66-93H2,1-5H3/b10-8-,11-9-,16-14-,17-15-,22-20-,23-21-,28-26-,29-27-,34-32-,35-33-,40-38-,41-39-,46-44-,47-45-,53-51-,59-57-,65-63-. The molecule has 0 bridgehead atoms. The second-order valence-corrected chi connectivity index (χ2v) is 29.4. The van der Waals surface area contributed by atoms with Gasteiger partial charge in [0.05, 0.1) is 40.3 Å². The second-order valence-electron chi connectivity index (χ2n) is 29.4. The number of carbonyl (C=O) groups is 3. The predicted octanol–water partition coefficient (Wildman–Crippen LogP) is 27.3. The number of carboxylic acids is 1. The largest absolute Gasteiger partial charge is 0.545 e. The fraction of sp³-hybridized carbons (Fsp3) is 0.622. The van der Waals surface area contributed by atoms with E-state index in [0.29, 0.717) is 17.4 Å². The molecule has 0 N–H and O–H groups in total. The zero-order valence-electron chi connectivity index (χ0n) is 69.2. The Kier molecular flexibility index (Phi) is 80.6. The SMILES string of the molecule is CC/C=C\C/C=C\C/C=C\C/C=C\C/C=C\C/C=C\C/C=C\C/C=C\C/C=C\C/C=C\CCCCCCCCCCCCC(=O)OC(COC(=O)CCCCCCCCCCCCCCCCCCCCC/C=C\C/C=C\C/C=C\C/C=C\C/C=C\C/C=C\C/C=C\CC)COC(OCC[N+](C)(C)C)C(=O)[O-]. The maximum absolute atomic E-state index is 13.0. The average Bonchev–Trinajstić information content (AvgIpc) is 0.965. The van der Waals surface area contributed by atoms with E-state index >= 15 is 0 Å². The number of carboxylic acid groups (broad SMARTS) is 1. The Morgan fingerprint density at radius 2 is 0.505 bits per heavy atom. The number of nitrogens with zero attached hydrogens (tertiary/aromatic N) is 1. The van der Waals surface area contributed by atoms with Gasteiger partial charge < -0.3 is 33.3 Å². The lowest BCUT2D eigenvalue weighted by Gasteiger charge is -2.26. The molecule has 604 valence electrons. The molecule has 9 nitrogen and oxygen atoms in total. The summed E-state index contributed by atoms with van der Waals surface area (Å²) in [5.74, 6) is -2.29. The van der Waals surface area contributed by atoms with Crippen molar-refractivity contribution in [1.82, 2.24) is 0 Å². The van der Waals surface area contributed by atoms with Crippen molar-refractivity contribution in [2.24, 2.45) is 0 Å². The number of ether oxygens (including phenoxy) is 4. The van der Waals surface area contributed by atoms with Crippen LogP contribution in [0.1, 0.15) is 335 Å². The van der Waals surface area contributed by atoms with Crippen LogP contribution in [-0.2, 0) is 33.3 Å². The molecule has 9 heteroatoms. The van der Waals surface area contributed by atoms with Crippen LogP contribution in [0.2, 0.25) is 0 Å². The van der Waals surface area contributed by atoms with Gasteiger partial charge in [0.15, 0.2) is 12.4 Å². The van der Waals surface area contributed by atoms with E-state index in [1.54, 1.807) is 0 Å². The van der Waals surface area contributed by atoms with Crippen molar-refractivity contribution < 1.29 is 42.9 Å². The molecular formula is C98H159NO8. The van der Waals surface area contributed by atoms with Crippen molar-refractivity contribution in [1.29, 1.82) is 0 Å². The minimum atomic E-state index is -1.63. The molecule has 107 heavy (non-hydrogen) atoms. The Hall–Kier alpha value is -6.13.